The molecule has 4 nitrogen and oxygen atoms in total. The molecule has 0 saturated carbocycles. The number of hydrogen-bond donors (Lipinski definition) is 1. The number of nitrogen functional groups attached to an aromatic ring is 1. The van der Waals surface area contributed by atoms with Crippen molar-refractivity contribution in [2.24, 2.45) is 0 Å². The highest BCUT2D eigenvalue weighted by Gasteiger charge is 2.21. The maximum Gasteiger partial charge on any atom is 0.257 e. The van der Waals surface area contributed by atoms with Gasteiger partial charge in [0.05, 0.1) is 5.56 Å². The Balaban J connectivity index is 3.09. The molecule has 0 spiro atoms. The van der Waals surface area contributed by atoms with Crippen LogP contribution in [0.4, 0.5) is 10.2 Å². The molecule has 88 valence electrons. The van der Waals surface area contributed by atoms with E-state index in [2.05, 4.69) is 4.98 Å². The molecule has 0 fully saturated rings. The lowest BCUT2D eigenvalue weighted by Crippen LogP contribution is -2.37. The zero-order valence-corrected chi connectivity index (χ0v) is 9.70. The van der Waals surface area contributed by atoms with Crippen LogP contribution in [0.3, 0.4) is 0 Å². The minimum atomic E-state index is -0.744. The Kier molecular flexibility index (Phi) is 3.82. The first-order valence-electron chi connectivity index (χ1n) is 5.20. The Hall–Kier alpha value is -1.65. The predicted octanol–water partition coefficient (Wildman–Crippen LogP) is 1.67. The number of anilines is 1. The maximum atomic E-state index is 13.6. The van der Waals surface area contributed by atoms with Crippen LogP contribution in [0, 0.1) is 5.82 Å². The first-order chi connectivity index (χ1) is 7.49. The van der Waals surface area contributed by atoms with Crippen LogP contribution in [0.15, 0.2) is 12.3 Å². The topological polar surface area (TPSA) is 59.2 Å². The SMILES string of the molecule is CCN(C(=O)c1ccnc(N)c1F)C(C)C. The lowest BCUT2D eigenvalue weighted by Gasteiger charge is -2.25. The van der Waals surface area contributed by atoms with Crippen LogP contribution >= 0.6 is 0 Å². The largest absolute Gasteiger partial charge is 0.381 e. The zero-order chi connectivity index (χ0) is 12.3. The van der Waals surface area contributed by atoms with Crippen LogP contribution < -0.4 is 5.73 Å². The Labute approximate surface area is 94.3 Å². The minimum absolute atomic E-state index is 0.0197. The average Bonchev–Trinajstić information content (AvgIpc) is 2.22. The predicted molar refractivity (Wildman–Crippen MR) is 60.5 cm³/mol. The third-order valence-electron chi connectivity index (χ3n) is 2.37. The summed E-state index contributed by atoms with van der Waals surface area (Å²) in [6, 6.07) is 1.37. The Morgan fingerprint density at radius 3 is 2.75 bits per heavy atom. The molecule has 0 unspecified atom stereocenters. The lowest BCUT2D eigenvalue weighted by molar-refractivity contribution is 0.0712. The van der Waals surface area contributed by atoms with Gasteiger partial charge in [0.25, 0.3) is 5.91 Å². The molecule has 0 saturated heterocycles. The van der Waals surface area contributed by atoms with Gasteiger partial charge in [0.15, 0.2) is 11.6 Å². The molecule has 16 heavy (non-hydrogen) atoms. The fraction of sp³-hybridized carbons (Fsp3) is 0.455. The molecule has 0 aliphatic rings. The first-order valence-corrected chi connectivity index (χ1v) is 5.20. The van der Waals surface area contributed by atoms with Crippen LogP contribution in [-0.4, -0.2) is 28.4 Å². The van der Waals surface area contributed by atoms with Gasteiger partial charge in [0.1, 0.15) is 0 Å². The number of hydrogen-bond acceptors (Lipinski definition) is 3. The van der Waals surface area contributed by atoms with Crippen LogP contribution in [0.5, 0.6) is 0 Å². The van der Waals surface area contributed by atoms with Crippen molar-refractivity contribution in [2.75, 3.05) is 12.3 Å². The molecule has 1 heterocycles. The lowest BCUT2D eigenvalue weighted by atomic mass is 10.2. The van der Waals surface area contributed by atoms with Crippen molar-refractivity contribution < 1.29 is 9.18 Å². The fourth-order valence-electron chi connectivity index (χ4n) is 1.52. The zero-order valence-electron chi connectivity index (χ0n) is 9.70. The number of nitrogens with zero attached hydrogens (tertiary/aromatic N) is 2. The molecule has 1 aromatic rings. The Morgan fingerprint density at radius 1 is 1.62 bits per heavy atom. The summed E-state index contributed by atoms with van der Waals surface area (Å²) in [5.41, 5.74) is 5.29. The summed E-state index contributed by atoms with van der Waals surface area (Å²) in [4.78, 5) is 17.1. The molecule has 1 aromatic heterocycles. The van der Waals surface area contributed by atoms with E-state index < -0.39 is 5.82 Å². The van der Waals surface area contributed by atoms with E-state index >= 15 is 0 Å². The number of pyridine rings is 1. The number of amides is 1. The van der Waals surface area contributed by atoms with Crippen molar-refractivity contribution in [1.29, 1.82) is 0 Å². The van der Waals surface area contributed by atoms with Crippen LogP contribution in [0.25, 0.3) is 0 Å². The number of carbonyl (C=O) groups is 1. The monoisotopic (exact) mass is 225 g/mol. The van der Waals surface area contributed by atoms with E-state index in [9.17, 15) is 9.18 Å². The highest BCUT2D eigenvalue weighted by molar-refractivity contribution is 5.95. The summed E-state index contributed by atoms with van der Waals surface area (Å²) in [5, 5.41) is 0. The molecule has 0 radical (unpaired) electrons. The van der Waals surface area contributed by atoms with Crippen LogP contribution in [-0.2, 0) is 0 Å². The van der Waals surface area contributed by atoms with Crippen molar-refractivity contribution in [3.05, 3.63) is 23.6 Å². The number of carbonyl (C=O) groups excluding carboxylic acids is 1. The summed E-state index contributed by atoms with van der Waals surface area (Å²) in [7, 11) is 0. The summed E-state index contributed by atoms with van der Waals surface area (Å²) in [6.07, 6.45) is 1.33. The molecule has 0 aliphatic heterocycles. The molecule has 0 aromatic carbocycles. The van der Waals surface area contributed by atoms with E-state index in [4.69, 9.17) is 5.73 Å². The van der Waals surface area contributed by atoms with E-state index in [0.717, 1.165) is 0 Å². The van der Waals surface area contributed by atoms with Crippen molar-refractivity contribution in [3.8, 4) is 0 Å². The highest BCUT2D eigenvalue weighted by atomic mass is 19.1. The second kappa shape index (κ2) is 4.92. The van der Waals surface area contributed by atoms with Gasteiger partial charge in [-0.15, -0.1) is 0 Å². The van der Waals surface area contributed by atoms with Gasteiger partial charge in [-0.05, 0) is 26.8 Å². The molecular formula is C11H16FN3O. The fourth-order valence-corrected chi connectivity index (χ4v) is 1.52. The highest BCUT2D eigenvalue weighted by Crippen LogP contribution is 2.15. The number of aromatic nitrogens is 1. The van der Waals surface area contributed by atoms with E-state index in [-0.39, 0.29) is 23.3 Å². The molecule has 1 amide bonds. The van der Waals surface area contributed by atoms with E-state index in [1.54, 1.807) is 4.90 Å². The molecule has 0 bridgehead atoms. The Morgan fingerprint density at radius 2 is 2.25 bits per heavy atom. The van der Waals surface area contributed by atoms with Crippen molar-refractivity contribution in [1.82, 2.24) is 9.88 Å². The first kappa shape index (κ1) is 12.4. The van der Waals surface area contributed by atoms with Gasteiger partial charge in [0, 0.05) is 18.8 Å². The van der Waals surface area contributed by atoms with Gasteiger partial charge in [0.2, 0.25) is 0 Å². The maximum absolute atomic E-state index is 13.6. The van der Waals surface area contributed by atoms with E-state index in [1.165, 1.54) is 12.3 Å². The number of halogens is 1. The van der Waals surface area contributed by atoms with Gasteiger partial charge in [-0.2, -0.15) is 0 Å². The average molecular weight is 225 g/mol. The molecule has 1 rings (SSSR count). The van der Waals surface area contributed by atoms with Crippen molar-refractivity contribution >= 4 is 11.7 Å². The molecule has 0 aliphatic carbocycles. The summed E-state index contributed by atoms with van der Waals surface area (Å²) in [5.74, 6) is -1.35. The molecular weight excluding hydrogens is 209 g/mol. The van der Waals surface area contributed by atoms with Gasteiger partial charge in [-0.25, -0.2) is 9.37 Å². The number of nitrogens with two attached hydrogens (primary N) is 1. The summed E-state index contributed by atoms with van der Waals surface area (Å²) < 4.78 is 13.6. The van der Waals surface area contributed by atoms with E-state index in [0.29, 0.717) is 6.54 Å². The van der Waals surface area contributed by atoms with Crippen molar-refractivity contribution in [3.63, 3.8) is 0 Å². The van der Waals surface area contributed by atoms with Crippen LogP contribution in [0.2, 0.25) is 0 Å². The van der Waals surface area contributed by atoms with Gasteiger partial charge in [-0.1, -0.05) is 0 Å². The van der Waals surface area contributed by atoms with Gasteiger partial charge in [-0.3, -0.25) is 4.79 Å². The third-order valence-corrected chi connectivity index (χ3v) is 2.37. The second-order valence-electron chi connectivity index (χ2n) is 3.74. The smallest absolute Gasteiger partial charge is 0.257 e. The van der Waals surface area contributed by atoms with E-state index in [1.807, 2.05) is 20.8 Å². The van der Waals surface area contributed by atoms with Gasteiger partial charge >= 0.3 is 0 Å². The van der Waals surface area contributed by atoms with Gasteiger partial charge < -0.3 is 10.6 Å². The molecule has 2 N–H and O–H groups in total. The quantitative estimate of drug-likeness (QED) is 0.851. The van der Waals surface area contributed by atoms with Crippen LogP contribution in [0.1, 0.15) is 31.1 Å². The molecule has 5 heteroatoms. The second-order valence-corrected chi connectivity index (χ2v) is 3.74. The third kappa shape index (κ3) is 2.29. The minimum Gasteiger partial charge on any atom is -0.381 e. The standard InChI is InChI=1S/C11H16FN3O/c1-4-15(7(2)3)11(16)8-5-6-14-10(13)9(8)12/h5-7H,4H2,1-3H3,(H2,13,14). The Bertz CT molecular complexity index is 393. The summed E-state index contributed by atoms with van der Waals surface area (Å²) in [6.45, 7) is 6.13. The molecule has 0 atom stereocenters. The normalized spacial score (nSPS) is 10.6. The number of rotatable bonds is 3. The van der Waals surface area contributed by atoms with Crippen molar-refractivity contribution in [2.45, 2.75) is 26.8 Å². The summed E-state index contributed by atoms with van der Waals surface area (Å²) >= 11 is 0.